The zero-order chi connectivity index (χ0) is 12.7. The van der Waals surface area contributed by atoms with Gasteiger partial charge >= 0.3 is 0 Å². The van der Waals surface area contributed by atoms with Gasteiger partial charge in [-0.25, -0.2) is 0 Å². The van der Waals surface area contributed by atoms with Crippen molar-refractivity contribution in [3.63, 3.8) is 0 Å². The van der Waals surface area contributed by atoms with E-state index in [4.69, 9.17) is 14.9 Å². The van der Waals surface area contributed by atoms with Crippen LogP contribution < -0.4 is 4.74 Å². The molecule has 0 spiro atoms. The van der Waals surface area contributed by atoms with Crippen molar-refractivity contribution in [3.8, 4) is 17.2 Å². The molecule has 3 nitrogen and oxygen atoms in total. The first-order valence-corrected chi connectivity index (χ1v) is 8.71. The van der Waals surface area contributed by atoms with Gasteiger partial charge in [0, 0.05) is 0 Å². The van der Waals surface area contributed by atoms with Gasteiger partial charge < -0.3 is 14.9 Å². The lowest BCUT2D eigenvalue weighted by Gasteiger charge is -2.16. The van der Waals surface area contributed by atoms with Gasteiger partial charge in [0.25, 0.3) is 0 Å². The van der Waals surface area contributed by atoms with Crippen LogP contribution in [0.1, 0.15) is 5.56 Å². The fourth-order valence-corrected chi connectivity index (χ4v) is 2.43. The number of benzene rings is 1. The Kier molecular flexibility index (Phi) is 5.23. The van der Waals surface area contributed by atoms with Gasteiger partial charge in [-0.05, 0) is 17.7 Å². The SMILES string of the molecule is C[Si](C)(C#CCO)COc1ccc(CO)cc1. The maximum absolute atomic E-state index is 8.91. The maximum Gasteiger partial charge on any atom is 0.173 e. The second kappa shape index (κ2) is 6.45. The van der Waals surface area contributed by atoms with Gasteiger partial charge in [-0.1, -0.05) is 31.1 Å². The molecule has 0 fully saturated rings. The lowest BCUT2D eigenvalue weighted by Crippen LogP contribution is -2.33. The van der Waals surface area contributed by atoms with Crippen LogP contribution in [0.2, 0.25) is 13.1 Å². The fraction of sp³-hybridized carbons (Fsp3) is 0.385. The molecule has 0 saturated heterocycles. The van der Waals surface area contributed by atoms with Crippen LogP contribution in [-0.4, -0.2) is 31.1 Å². The lowest BCUT2D eigenvalue weighted by molar-refractivity contribution is 0.281. The molecule has 0 saturated carbocycles. The summed E-state index contributed by atoms with van der Waals surface area (Å²) in [5.41, 5.74) is 3.94. The third kappa shape index (κ3) is 5.05. The summed E-state index contributed by atoms with van der Waals surface area (Å²) < 4.78 is 5.66. The number of aliphatic hydroxyl groups is 2. The van der Waals surface area contributed by atoms with Crippen LogP contribution in [0.3, 0.4) is 0 Å². The van der Waals surface area contributed by atoms with Crippen LogP contribution in [0.4, 0.5) is 0 Å². The highest BCUT2D eigenvalue weighted by Gasteiger charge is 2.19. The van der Waals surface area contributed by atoms with Crippen molar-refractivity contribution in [2.75, 3.05) is 12.8 Å². The highest BCUT2D eigenvalue weighted by atomic mass is 28.3. The van der Waals surface area contributed by atoms with Gasteiger partial charge in [-0.2, -0.15) is 0 Å². The number of aliphatic hydroxyl groups excluding tert-OH is 2. The quantitative estimate of drug-likeness (QED) is 0.626. The minimum Gasteiger partial charge on any atom is -0.496 e. The Hall–Kier alpha value is -1.28. The Morgan fingerprint density at radius 2 is 1.82 bits per heavy atom. The van der Waals surface area contributed by atoms with Crippen molar-refractivity contribution >= 4 is 8.07 Å². The van der Waals surface area contributed by atoms with Crippen molar-refractivity contribution in [1.82, 2.24) is 0 Å². The Bertz CT molecular complexity index is 401. The molecule has 0 aromatic heterocycles. The molecule has 0 atom stereocenters. The normalized spacial score (nSPS) is 10.6. The van der Waals surface area contributed by atoms with Crippen molar-refractivity contribution in [3.05, 3.63) is 29.8 Å². The van der Waals surface area contributed by atoms with E-state index < -0.39 is 8.07 Å². The molecule has 0 bridgehead atoms. The van der Waals surface area contributed by atoms with Crippen LogP contribution in [0, 0.1) is 11.5 Å². The van der Waals surface area contributed by atoms with Crippen LogP contribution in [0.25, 0.3) is 0 Å². The molecule has 2 N–H and O–H groups in total. The molecular weight excluding hydrogens is 232 g/mol. The molecule has 1 aromatic rings. The number of hydrogen-bond donors (Lipinski definition) is 2. The van der Waals surface area contributed by atoms with E-state index in [1.54, 1.807) is 0 Å². The van der Waals surface area contributed by atoms with Crippen LogP contribution in [0.5, 0.6) is 5.75 Å². The van der Waals surface area contributed by atoms with E-state index in [0.717, 1.165) is 11.3 Å². The van der Waals surface area contributed by atoms with E-state index >= 15 is 0 Å². The van der Waals surface area contributed by atoms with E-state index in [0.29, 0.717) is 6.23 Å². The molecule has 0 unspecified atom stereocenters. The summed E-state index contributed by atoms with van der Waals surface area (Å²) >= 11 is 0. The molecule has 17 heavy (non-hydrogen) atoms. The standard InChI is InChI=1S/C13H18O3Si/c1-17(2,9-3-8-14)11-16-13-6-4-12(10-15)5-7-13/h4-7,14-15H,8,10-11H2,1-2H3. The summed E-state index contributed by atoms with van der Waals surface area (Å²) in [7, 11) is -1.72. The molecule has 0 aliphatic heterocycles. The first-order chi connectivity index (χ1) is 8.07. The zero-order valence-corrected chi connectivity index (χ0v) is 11.2. The van der Waals surface area contributed by atoms with Gasteiger partial charge in [0.15, 0.2) is 8.07 Å². The van der Waals surface area contributed by atoms with Gasteiger partial charge in [0.2, 0.25) is 0 Å². The minimum atomic E-state index is -1.72. The summed E-state index contributed by atoms with van der Waals surface area (Å²) in [4.78, 5) is 0. The maximum atomic E-state index is 8.91. The highest BCUT2D eigenvalue weighted by molar-refractivity contribution is 6.85. The van der Waals surface area contributed by atoms with Crippen molar-refractivity contribution in [2.45, 2.75) is 19.7 Å². The van der Waals surface area contributed by atoms with Gasteiger partial charge in [-0.15, -0.1) is 5.54 Å². The third-order valence-corrected chi connectivity index (χ3v) is 3.93. The average molecular weight is 250 g/mol. The second-order valence-corrected chi connectivity index (χ2v) is 8.74. The smallest absolute Gasteiger partial charge is 0.173 e. The predicted octanol–water partition coefficient (Wildman–Crippen LogP) is 1.34. The van der Waals surface area contributed by atoms with Gasteiger partial charge in [0.1, 0.15) is 12.4 Å². The third-order valence-electron chi connectivity index (χ3n) is 2.21. The molecule has 0 radical (unpaired) electrons. The molecular formula is C13H18O3Si. The summed E-state index contributed by atoms with van der Waals surface area (Å²) in [5.74, 6) is 3.48. The largest absolute Gasteiger partial charge is 0.496 e. The van der Waals surface area contributed by atoms with Gasteiger partial charge in [0.05, 0.1) is 12.8 Å². The summed E-state index contributed by atoms with van der Waals surface area (Å²) in [5, 5.41) is 17.6. The molecule has 0 heterocycles. The molecule has 0 aliphatic rings. The minimum absolute atomic E-state index is 0.0441. The monoisotopic (exact) mass is 250 g/mol. The Balaban J connectivity index is 2.54. The van der Waals surface area contributed by atoms with Crippen LogP contribution >= 0.6 is 0 Å². The van der Waals surface area contributed by atoms with Crippen molar-refractivity contribution in [1.29, 1.82) is 0 Å². The Morgan fingerprint density at radius 3 is 2.35 bits per heavy atom. The van der Waals surface area contributed by atoms with Crippen molar-refractivity contribution in [2.24, 2.45) is 0 Å². The summed E-state index contributed by atoms with van der Waals surface area (Å²) in [6.45, 7) is 4.14. The fourth-order valence-electron chi connectivity index (χ4n) is 1.27. The Morgan fingerprint density at radius 1 is 1.18 bits per heavy atom. The van der Waals surface area contributed by atoms with E-state index in [2.05, 4.69) is 24.6 Å². The number of ether oxygens (including phenoxy) is 1. The summed E-state index contributed by atoms with van der Waals surface area (Å²) in [6, 6.07) is 7.36. The lowest BCUT2D eigenvalue weighted by atomic mass is 10.2. The van der Waals surface area contributed by atoms with E-state index in [-0.39, 0.29) is 13.2 Å². The van der Waals surface area contributed by atoms with Crippen molar-refractivity contribution < 1.29 is 14.9 Å². The molecule has 92 valence electrons. The van der Waals surface area contributed by atoms with Crippen LogP contribution in [-0.2, 0) is 6.61 Å². The van der Waals surface area contributed by atoms with Crippen LogP contribution in [0.15, 0.2) is 24.3 Å². The highest BCUT2D eigenvalue weighted by Crippen LogP contribution is 2.13. The van der Waals surface area contributed by atoms with E-state index in [9.17, 15) is 0 Å². The molecule has 1 aromatic carbocycles. The summed E-state index contributed by atoms with van der Waals surface area (Å²) in [6.07, 6.45) is 0.596. The average Bonchev–Trinajstić information content (AvgIpc) is 2.35. The first kappa shape index (κ1) is 13.8. The van der Waals surface area contributed by atoms with E-state index in [1.807, 2.05) is 24.3 Å². The zero-order valence-electron chi connectivity index (χ0n) is 10.2. The Labute approximate surface area is 103 Å². The van der Waals surface area contributed by atoms with E-state index in [1.165, 1.54) is 0 Å². The predicted molar refractivity (Wildman–Crippen MR) is 70.2 cm³/mol. The number of rotatable bonds is 4. The topological polar surface area (TPSA) is 49.7 Å². The molecule has 4 heteroatoms. The molecule has 1 rings (SSSR count). The first-order valence-electron chi connectivity index (χ1n) is 5.51. The number of hydrogen-bond acceptors (Lipinski definition) is 3. The molecule has 0 amide bonds. The van der Waals surface area contributed by atoms with Gasteiger partial charge in [-0.3, -0.25) is 0 Å². The molecule has 0 aliphatic carbocycles. The second-order valence-electron chi connectivity index (χ2n) is 4.43.